The van der Waals surface area contributed by atoms with Crippen molar-refractivity contribution in [1.29, 1.82) is 0 Å². The molecule has 2 saturated heterocycles. The minimum Gasteiger partial charge on any atom is -0.353 e. The Morgan fingerprint density at radius 1 is 0.903 bits per heavy atom. The lowest BCUT2D eigenvalue weighted by molar-refractivity contribution is -0.126. The lowest BCUT2D eigenvalue weighted by Crippen LogP contribution is -2.44. The van der Waals surface area contributed by atoms with Crippen LogP contribution in [0.1, 0.15) is 74.6 Å². The van der Waals surface area contributed by atoms with E-state index in [0.29, 0.717) is 37.5 Å². The average molecular weight is 468 g/mol. The molecule has 2 amide bonds. The van der Waals surface area contributed by atoms with Crippen LogP contribution in [0.4, 0.5) is 0 Å². The highest BCUT2D eigenvalue weighted by Crippen LogP contribution is 2.29. The first-order chi connectivity index (χ1) is 14.9. The number of amides is 2. The van der Waals surface area contributed by atoms with Crippen LogP contribution in [0.3, 0.4) is 0 Å². The molecule has 9 heteroatoms. The second-order valence-corrected chi connectivity index (χ2v) is 12.1. The molecular formula is C22H33N3O4S2. The minimum atomic E-state index is -3.63. The summed E-state index contributed by atoms with van der Waals surface area (Å²) in [6, 6.07) is 1.83. The third-order valence-electron chi connectivity index (χ3n) is 6.84. The lowest BCUT2D eigenvalue weighted by Gasteiger charge is -2.30. The number of carbonyl (C=O) groups excluding carboxylic acids is 2. The first-order valence-corrected chi connectivity index (χ1v) is 14.0. The molecule has 0 unspecified atom stereocenters. The SMILES string of the molecule is O=C(NC1CCCC1)C1CCN(S(=O)(=O)c2cc(C(=O)N3CCCCCC3)cs2)CC1. The summed E-state index contributed by atoms with van der Waals surface area (Å²) >= 11 is 1.12. The molecule has 0 atom stereocenters. The second-order valence-electron chi connectivity index (χ2n) is 9.03. The van der Waals surface area contributed by atoms with E-state index < -0.39 is 10.0 Å². The van der Waals surface area contributed by atoms with E-state index in [0.717, 1.165) is 63.0 Å². The van der Waals surface area contributed by atoms with Crippen LogP contribution >= 0.6 is 11.3 Å². The molecule has 3 aliphatic rings. The van der Waals surface area contributed by atoms with Crippen LogP contribution in [0.15, 0.2) is 15.7 Å². The van der Waals surface area contributed by atoms with Crippen molar-refractivity contribution in [1.82, 2.24) is 14.5 Å². The Kier molecular flexibility index (Phi) is 7.33. The van der Waals surface area contributed by atoms with Crippen LogP contribution in [0.5, 0.6) is 0 Å². The zero-order valence-corrected chi connectivity index (χ0v) is 19.7. The molecular weight excluding hydrogens is 434 g/mol. The van der Waals surface area contributed by atoms with Crippen molar-refractivity contribution >= 4 is 33.2 Å². The lowest BCUT2D eigenvalue weighted by atomic mass is 9.97. The van der Waals surface area contributed by atoms with Crippen LogP contribution in [-0.2, 0) is 14.8 Å². The zero-order valence-electron chi connectivity index (χ0n) is 18.1. The van der Waals surface area contributed by atoms with Crippen molar-refractivity contribution in [2.45, 2.75) is 74.5 Å². The molecule has 0 spiro atoms. The van der Waals surface area contributed by atoms with Crippen molar-refractivity contribution in [2.75, 3.05) is 26.2 Å². The number of likely N-dealkylation sites (tertiary alicyclic amines) is 1. The normalized spacial score (nSPS) is 22.4. The average Bonchev–Trinajstić information content (AvgIpc) is 3.40. The van der Waals surface area contributed by atoms with E-state index in [1.807, 2.05) is 4.90 Å². The number of carbonyl (C=O) groups is 2. The van der Waals surface area contributed by atoms with Gasteiger partial charge < -0.3 is 10.2 Å². The van der Waals surface area contributed by atoms with Gasteiger partial charge in [-0.25, -0.2) is 8.42 Å². The Labute approximate surface area is 189 Å². The molecule has 0 radical (unpaired) electrons. The molecule has 1 N–H and O–H groups in total. The first-order valence-electron chi connectivity index (χ1n) is 11.6. The van der Waals surface area contributed by atoms with Gasteiger partial charge >= 0.3 is 0 Å². The van der Waals surface area contributed by atoms with Gasteiger partial charge in [0.2, 0.25) is 5.91 Å². The third-order valence-corrected chi connectivity index (χ3v) is 10.1. The smallest absolute Gasteiger partial charge is 0.254 e. The van der Waals surface area contributed by atoms with Gasteiger partial charge in [0, 0.05) is 43.5 Å². The van der Waals surface area contributed by atoms with Crippen LogP contribution in [0, 0.1) is 5.92 Å². The molecule has 0 bridgehead atoms. The number of rotatable bonds is 5. The van der Waals surface area contributed by atoms with Crippen LogP contribution in [-0.4, -0.2) is 61.7 Å². The fourth-order valence-corrected chi connectivity index (χ4v) is 7.67. The quantitative estimate of drug-likeness (QED) is 0.720. The molecule has 7 nitrogen and oxygen atoms in total. The van der Waals surface area contributed by atoms with Crippen LogP contribution in [0.2, 0.25) is 0 Å². The molecule has 2 aliphatic heterocycles. The van der Waals surface area contributed by atoms with E-state index in [9.17, 15) is 18.0 Å². The van der Waals surface area contributed by atoms with E-state index in [1.165, 1.54) is 23.2 Å². The summed E-state index contributed by atoms with van der Waals surface area (Å²) in [5.74, 6) is -0.108. The van der Waals surface area contributed by atoms with Crippen molar-refractivity contribution < 1.29 is 18.0 Å². The number of nitrogens with one attached hydrogen (secondary N) is 1. The maximum absolute atomic E-state index is 13.1. The number of nitrogens with zero attached hydrogens (tertiary/aromatic N) is 2. The summed E-state index contributed by atoms with van der Waals surface area (Å²) in [4.78, 5) is 27.2. The molecule has 1 aromatic rings. The van der Waals surface area contributed by atoms with E-state index in [4.69, 9.17) is 0 Å². The number of piperidine rings is 1. The van der Waals surface area contributed by atoms with Crippen molar-refractivity contribution in [3.63, 3.8) is 0 Å². The highest BCUT2D eigenvalue weighted by molar-refractivity contribution is 7.91. The number of hydrogen-bond acceptors (Lipinski definition) is 5. The predicted octanol–water partition coefficient (Wildman–Crippen LogP) is 3.22. The fourth-order valence-electron chi connectivity index (χ4n) is 4.90. The molecule has 0 aromatic carbocycles. The summed E-state index contributed by atoms with van der Waals surface area (Å²) in [5, 5.41) is 4.81. The van der Waals surface area contributed by atoms with Gasteiger partial charge in [-0.3, -0.25) is 9.59 Å². The second kappa shape index (κ2) is 10.0. The number of sulfonamides is 1. The van der Waals surface area contributed by atoms with Gasteiger partial charge in [0.05, 0.1) is 5.56 Å². The van der Waals surface area contributed by atoms with E-state index in [-0.39, 0.29) is 21.9 Å². The Morgan fingerprint density at radius 2 is 1.55 bits per heavy atom. The number of hydrogen-bond donors (Lipinski definition) is 1. The van der Waals surface area contributed by atoms with Gasteiger partial charge in [-0.15, -0.1) is 11.3 Å². The molecule has 31 heavy (non-hydrogen) atoms. The molecule has 3 fully saturated rings. The number of thiophene rings is 1. The van der Waals surface area contributed by atoms with Gasteiger partial charge in [0.15, 0.2) is 0 Å². The summed E-state index contributed by atoms with van der Waals surface area (Å²) < 4.78 is 27.9. The van der Waals surface area contributed by atoms with Gasteiger partial charge in [-0.1, -0.05) is 25.7 Å². The third kappa shape index (κ3) is 5.31. The molecule has 4 rings (SSSR count). The Hall–Kier alpha value is -1.45. The van der Waals surface area contributed by atoms with Gasteiger partial charge in [0.25, 0.3) is 15.9 Å². The summed E-state index contributed by atoms with van der Waals surface area (Å²) in [5.41, 5.74) is 0.469. The summed E-state index contributed by atoms with van der Waals surface area (Å²) in [6.07, 6.45) is 9.82. The van der Waals surface area contributed by atoms with Gasteiger partial charge in [0.1, 0.15) is 4.21 Å². The van der Waals surface area contributed by atoms with E-state index in [1.54, 1.807) is 5.38 Å². The summed E-state index contributed by atoms with van der Waals surface area (Å²) in [6.45, 7) is 2.18. The fraction of sp³-hybridized carbons (Fsp3) is 0.727. The Balaban J connectivity index is 1.34. The largest absolute Gasteiger partial charge is 0.353 e. The van der Waals surface area contributed by atoms with E-state index in [2.05, 4.69) is 5.32 Å². The molecule has 1 aliphatic carbocycles. The standard InChI is InChI=1S/C22H33N3O4S2/c26-21(23-19-7-3-4-8-19)17-9-13-25(14-10-17)31(28,29)20-15-18(16-30-20)22(27)24-11-5-1-2-6-12-24/h15-17,19H,1-14H2,(H,23,26). The Morgan fingerprint density at radius 3 is 2.19 bits per heavy atom. The highest BCUT2D eigenvalue weighted by atomic mass is 32.2. The first kappa shape index (κ1) is 22.7. The van der Waals surface area contributed by atoms with Gasteiger partial charge in [-0.2, -0.15) is 4.31 Å². The van der Waals surface area contributed by atoms with Crippen molar-refractivity contribution in [2.24, 2.45) is 5.92 Å². The van der Waals surface area contributed by atoms with Crippen molar-refractivity contribution in [3.8, 4) is 0 Å². The molecule has 1 aromatic heterocycles. The van der Waals surface area contributed by atoms with Crippen LogP contribution < -0.4 is 5.32 Å². The maximum Gasteiger partial charge on any atom is 0.254 e. The summed E-state index contributed by atoms with van der Waals surface area (Å²) in [7, 11) is -3.63. The maximum atomic E-state index is 13.1. The Bertz CT molecular complexity index is 876. The highest BCUT2D eigenvalue weighted by Gasteiger charge is 2.34. The van der Waals surface area contributed by atoms with Crippen LogP contribution in [0.25, 0.3) is 0 Å². The van der Waals surface area contributed by atoms with E-state index >= 15 is 0 Å². The minimum absolute atomic E-state index is 0.0677. The predicted molar refractivity (Wildman–Crippen MR) is 121 cm³/mol. The van der Waals surface area contributed by atoms with Gasteiger partial charge in [-0.05, 0) is 44.6 Å². The topological polar surface area (TPSA) is 86.8 Å². The van der Waals surface area contributed by atoms with Crippen molar-refractivity contribution in [3.05, 3.63) is 17.0 Å². The monoisotopic (exact) mass is 467 g/mol. The molecule has 1 saturated carbocycles. The molecule has 3 heterocycles. The molecule has 172 valence electrons. The zero-order chi connectivity index (χ0) is 21.8.